The van der Waals surface area contributed by atoms with Crippen LogP contribution in [0, 0.1) is 6.92 Å². The summed E-state index contributed by atoms with van der Waals surface area (Å²) in [6, 6.07) is 22.9. The highest BCUT2D eigenvalue weighted by atomic mass is 16.5. The van der Waals surface area contributed by atoms with Crippen LogP contribution >= 0.6 is 0 Å². The zero-order chi connectivity index (χ0) is 21.8. The van der Waals surface area contributed by atoms with Crippen molar-refractivity contribution in [3.05, 3.63) is 100.0 Å². The third kappa shape index (κ3) is 4.79. The predicted molar refractivity (Wildman–Crippen MR) is 120 cm³/mol. The summed E-state index contributed by atoms with van der Waals surface area (Å²) in [4.78, 5) is 26.8. The third-order valence-electron chi connectivity index (χ3n) is 5.75. The predicted octanol–water partition coefficient (Wildman–Crippen LogP) is 3.65. The van der Waals surface area contributed by atoms with Crippen LogP contribution in [-0.4, -0.2) is 34.7 Å². The van der Waals surface area contributed by atoms with Gasteiger partial charge >= 0.3 is 6.03 Å². The van der Waals surface area contributed by atoms with E-state index in [4.69, 9.17) is 4.74 Å². The van der Waals surface area contributed by atoms with Gasteiger partial charge in [-0.15, -0.1) is 0 Å². The van der Waals surface area contributed by atoms with Gasteiger partial charge in [-0.2, -0.15) is 0 Å². The molecule has 0 bridgehead atoms. The molecular formula is C25H27N3O3. The first-order chi connectivity index (χ1) is 15.0. The SMILES string of the molecule is Cc1cc(OC2CCN(C(=O)NC(c3ccccc3)c3ccccc3)C2)cc(=O)n1C. The lowest BCUT2D eigenvalue weighted by atomic mass is 9.99. The molecule has 0 spiro atoms. The largest absolute Gasteiger partial charge is 0.488 e. The number of ether oxygens (including phenoxy) is 1. The number of nitrogens with zero attached hydrogens (tertiary/aromatic N) is 2. The molecule has 31 heavy (non-hydrogen) atoms. The van der Waals surface area contributed by atoms with Crippen LogP contribution < -0.4 is 15.6 Å². The number of aromatic nitrogens is 1. The monoisotopic (exact) mass is 417 g/mol. The van der Waals surface area contributed by atoms with E-state index in [1.54, 1.807) is 16.5 Å². The standard InChI is InChI=1S/C25H27N3O3/c1-18-15-22(16-23(29)27(18)2)31-21-13-14-28(17-21)25(30)26-24(19-9-5-3-6-10-19)20-11-7-4-8-12-20/h3-12,15-16,21,24H,13-14,17H2,1-2H3,(H,26,30). The van der Waals surface area contributed by atoms with Crippen molar-refractivity contribution in [1.82, 2.24) is 14.8 Å². The number of carbonyl (C=O) groups excluding carboxylic acids is 1. The number of likely N-dealkylation sites (tertiary alicyclic amines) is 1. The van der Waals surface area contributed by atoms with E-state index in [1.165, 1.54) is 6.07 Å². The lowest BCUT2D eigenvalue weighted by molar-refractivity contribution is 0.185. The van der Waals surface area contributed by atoms with Crippen molar-refractivity contribution in [1.29, 1.82) is 0 Å². The Bertz CT molecular complexity index is 1060. The molecular weight excluding hydrogens is 390 g/mol. The highest BCUT2D eigenvalue weighted by Gasteiger charge is 2.29. The molecule has 2 heterocycles. The Morgan fingerprint density at radius 1 is 1.03 bits per heavy atom. The summed E-state index contributed by atoms with van der Waals surface area (Å²) < 4.78 is 7.59. The second kappa shape index (κ2) is 9.08. The quantitative estimate of drug-likeness (QED) is 0.689. The van der Waals surface area contributed by atoms with Gasteiger partial charge in [-0.1, -0.05) is 60.7 Å². The van der Waals surface area contributed by atoms with Crippen LogP contribution in [0.1, 0.15) is 29.3 Å². The number of hydrogen-bond donors (Lipinski definition) is 1. The van der Waals surface area contributed by atoms with Crippen LogP contribution in [0.25, 0.3) is 0 Å². The first kappa shape index (κ1) is 20.7. The number of benzene rings is 2. The van der Waals surface area contributed by atoms with Crippen molar-refractivity contribution >= 4 is 6.03 Å². The fraction of sp³-hybridized carbons (Fsp3) is 0.280. The van der Waals surface area contributed by atoms with E-state index in [1.807, 2.05) is 73.7 Å². The zero-order valence-electron chi connectivity index (χ0n) is 17.8. The van der Waals surface area contributed by atoms with Crippen molar-refractivity contribution in [3.63, 3.8) is 0 Å². The van der Waals surface area contributed by atoms with Gasteiger partial charge < -0.3 is 19.5 Å². The number of aryl methyl sites for hydroxylation is 1. The summed E-state index contributed by atoms with van der Waals surface area (Å²) in [5.74, 6) is 0.555. The lowest BCUT2D eigenvalue weighted by Gasteiger charge is -2.24. The highest BCUT2D eigenvalue weighted by Crippen LogP contribution is 2.23. The summed E-state index contributed by atoms with van der Waals surface area (Å²) in [6.07, 6.45) is 0.590. The molecule has 160 valence electrons. The average molecular weight is 418 g/mol. The van der Waals surface area contributed by atoms with Gasteiger partial charge in [0.05, 0.1) is 12.6 Å². The summed E-state index contributed by atoms with van der Waals surface area (Å²) in [5, 5.41) is 3.18. The van der Waals surface area contributed by atoms with Gasteiger partial charge in [-0.05, 0) is 24.1 Å². The Labute approximate surface area is 182 Å². The molecule has 1 saturated heterocycles. The number of pyridine rings is 1. The van der Waals surface area contributed by atoms with Crippen molar-refractivity contribution in [2.24, 2.45) is 7.05 Å². The molecule has 2 aromatic carbocycles. The molecule has 1 aliphatic heterocycles. The van der Waals surface area contributed by atoms with Gasteiger partial charge in [0.2, 0.25) is 0 Å². The van der Waals surface area contributed by atoms with Crippen LogP contribution in [0.4, 0.5) is 4.79 Å². The summed E-state index contributed by atoms with van der Waals surface area (Å²) in [5.41, 5.74) is 2.80. The Morgan fingerprint density at radius 2 is 1.65 bits per heavy atom. The summed E-state index contributed by atoms with van der Waals surface area (Å²) >= 11 is 0. The average Bonchev–Trinajstić information content (AvgIpc) is 3.25. The fourth-order valence-corrected chi connectivity index (χ4v) is 3.87. The molecule has 1 fully saturated rings. The Morgan fingerprint density at radius 3 is 2.23 bits per heavy atom. The zero-order valence-corrected chi connectivity index (χ0v) is 17.8. The Hall–Kier alpha value is -3.54. The molecule has 0 aliphatic carbocycles. The normalized spacial score (nSPS) is 15.8. The molecule has 0 radical (unpaired) electrons. The van der Waals surface area contributed by atoms with E-state index in [2.05, 4.69) is 5.32 Å². The van der Waals surface area contributed by atoms with Crippen molar-refractivity contribution < 1.29 is 9.53 Å². The maximum Gasteiger partial charge on any atom is 0.318 e. The highest BCUT2D eigenvalue weighted by molar-refractivity contribution is 5.75. The van der Waals surface area contributed by atoms with Crippen LogP contribution in [-0.2, 0) is 7.05 Å². The molecule has 1 atom stereocenters. The van der Waals surface area contributed by atoms with E-state index in [-0.39, 0.29) is 23.7 Å². The van der Waals surface area contributed by atoms with Gasteiger partial charge in [-0.25, -0.2) is 4.79 Å². The third-order valence-corrected chi connectivity index (χ3v) is 5.75. The number of carbonyl (C=O) groups is 1. The molecule has 6 heteroatoms. The van der Waals surface area contributed by atoms with Gasteiger partial charge in [0.25, 0.3) is 5.56 Å². The van der Waals surface area contributed by atoms with Crippen molar-refractivity contribution in [2.45, 2.75) is 25.5 Å². The van der Waals surface area contributed by atoms with E-state index in [9.17, 15) is 9.59 Å². The second-order valence-electron chi connectivity index (χ2n) is 7.91. The first-order valence-electron chi connectivity index (χ1n) is 10.5. The van der Waals surface area contributed by atoms with Crippen LogP contribution in [0.3, 0.4) is 0 Å². The molecule has 6 nitrogen and oxygen atoms in total. The molecule has 1 aromatic heterocycles. The molecule has 1 unspecified atom stereocenters. The summed E-state index contributed by atoms with van der Waals surface area (Å²) in [6.45, 7) is 2.96. The summed E-state index contributed by atoms with van der Waals surface area (Å²) in [7, 11) is 1.74. The van der Waals surface area contributed by atoms with Crippen LogP contribution in [0.2, 0.25) is 0 Å². The number of urea groups is 1. The van der Waals surface area contributed by atoms with E-state index >= 15 is 0 Å². The minimum atomic E-state index is -0.227. The maximum atomic E-state index is 13.1. The van der Waals surface area contributed by atoms with Gasteiger partial charge in [0, 0.05) is 31.8 Å². The molecule has 1 aliphatic rings. The molecule has 4 rings (SSSR count). The molecule has 1 N–H and O–H groups in total. The molecule has 0 saturated carbocycles. The van der Waals surface area contributed by atoms with Crippen LogP contribution in [0.15, 0.2) is 77.6 Å². The van der Waals surface area contributed by atoms with E-state index in [0.29, 0.717) is 18.8 Å². The topological polar surface area (TPSA) is 63.6 Å². The molecule has 2 amide bonds. The number of amides is 2. The number of rotatable bonds is 5. The maximum absolute atomic E-state index is 13.1. The minimum absolute atomic E-state index is 0.101. The fourth-order valence-electron chi connectivity index (χ4n) is 3.87. The van der Waals surface area contributed by atoms with Gasteiger partial charge in [0.1, 0.15) is 11.9 Å². The number of nitrogens with one attached hydrogen (secondary N) is 1. The van der Waals surface area contributed by atoms with E-state index in [0.717, 1.165) is 23.2 Å². The lowest BCUT2D eigenvalue weighted by Crippen LogP contribution is -2.41. The minimum Gasteiger partial charge on any atom is -0.488 e. The molecule has 3 aromatic rings. The van der Waals surface area contributed by atoms with E-state index < -0.39 is 0 Å². The van der Waals surface area contributed by atoms with Crippen molar-refractivity contribution in [2.75, 3.05) is 13.1 Å². The smallest absolute Gasteiger partial charge is 0.318 e. The Balaban J connectivity index is 1.44. The van der Waals surface area contributed by atoms with Gasteiger partial charge in [0.15, 0.2) is 0 Å². The first-order valence-corrected chi connectivity index (χ1v) is 10.5. The number of hydrogen-bond acceptors (Lipinski definition) is 3. The van der Waals surface area contributed by atoms with Gasteiger partial charge in [-0.3, -0.25) is 4.79 Å². The second-order valence-corrected chi connectivity index (χ2v) is 7.91. The van der Waals surface area contributed by atoms with Crippen LogP contribution in [0.5, 0.6) is 5.75 Å². The Kier molecular flexibility index (Phi) is 6.07. The van der Waals surface area contributed by atoms with Crippen molar-refractivity contribution in [3.8, 4) is 5.75 Å².